The van der Waals surface area contributed by atoms with E-state index in [-0.39, 0.29) is 30.2 Å². The molecule has 1 fully saturated rings. The third-order valence-corrected chi connectivity index (χ3v) is 9.28. The molecule has 2 aromatic carbocycles. The summed E-state index contributed by atoms with van der Waals surface area (Å²) in [6, 6.07) is 10.3. The van der Waals surface area contributed by atoms with Gasteiger partial charge in [0.15, 0.2) is 16.3 Å². The van der Waals surface area contributed by atoms with Crippen LogP contribution in [-0.4, -0.2) is 80.2 Å². The van der Waals surface area contributed by atoms with E-state index in [1.807, 2.05) is 46.0 Å². The summed E-state index contributed by atoms with van der Waals surface area (Å²) in [5, 5.41) is 0.901. The smallest absolute Gasteiger partial charge is 0.338 e. The van der Waals surface area contributed by atoms with Gasteiger partial charge in [-0.3, -0.25) is 14.2 Å². The summed E-state index contributed by atoms with van der Waals surface area (Å²) in [7, 11) is 4.52. The van der Waals surface area contributed by atoms with Crippen LogP contribution in [0.25, 0.3) is 17.0 Å². The SMILES string of the molecule is CCOC(=O)C1=C(C)N=c2s/c(=C/c3cn(CC(=O)N4CCOCC4)c4ccccc34)c(=O)n2[C@@H]1c1cc(OC)c(OC)c(OC)c1. The first-order valence-electron chi connectivity index (χ1n) is 15.2. The van der Waals surface area contributed by atoms with E-state index in [1.54, 1.807) is 26.0 Å². The van der Waals surface area contributed by atoms with Gasteiger partial charge in [-0.25, -0.2) is 9.79 Å². The quantitative estimate of drug-likeness (QED) is 0.251. The molecule has 4 heterocycles. The topological polar surface area (TPSA) is 123 Å². The largest absolute Gasteiger partial charge is 0.493 e. The second-order valence-corrected chi connectivity index (χ2v) is 12.0. The summed E-state index contributed by atoms with van der Waals surface area (Å²) in [5.74, 6) is 0.567. The van der Waals surface area contributed by atoms with Crippen LogP contribution in [0.15, 0.2) is 63.7 Å². The van der Waals surface area contributed by atoms with Crippen molar-refractivity contribution in [3.63, 3.8) is 0 Å². The molecule has 0 unspecified atom stereocenters. The highest BCUT2D eigenvalue weighted by molar-refractivity contribution is 7.07. The van der Waals surface area contributed by atoms with Gasteiger partial charge in [0.05, 0.1) is 63.0 Å². The van der Waals surface area contributed by atoms with E-state index in [2.05, 4.69) is 0 Å². The Kier molecular flexibility index (Phi) is 9.19. The second kappa shape index (κ2) is 13.5. The molecule has 12 nitrogen and oxygen atoms in total. The van der Waals surface area contributed by atoms with E-state index in [4.69, 9.17) is 28.7 Å². The number of para-hydroxylation sites is 1. The fourth-order valence-electron chi connectivity index (χ4n) is 6.09. The van der Waals surface area contributed by atoms with Gasteiger partial charge in [-0.2, -0.15) is 0 Å². The number of allylic oxidation sites excluding steroid dienone is 1. The van der Waals surface area contributed by atoms with Gasteiger partial charge in [0.2, 0.25) is 11.7 Å². The summed E-state index contributed by atoms with van der Waals surface area (Å²) >= 11 is 1.22. The van der Waals surface area contributed by atoms with Crippen LogP contribution in [-0.2, 0) is 25.6 Å². The number of thiazole rings is 1. The van der Waals surface area contributed by atoms with Gasteiger partial charge < -0.3 is 33.2 Å². The molecule has 246 valence electrons. The normalized spacial score (nSPS) is 16.6. The number of benzene rings is 2. The van der Waals surface area contributed by atoms with E-state index < -0.39 is 12.0 Å². The maximum absolute atomic E-state index is 14.3. The van der Waals surface area contributed by atoms with Crippen LogP contribution in [0.2, 0.25) is 0 Å². The van der Waals surface area contributed by atoms with E-state index >= 15 is 0 Å². The number of rotatable bonds is 9. The Morgan fingerprint density at radius 1 is 1.06 bits per heavy atom. The number of ether oxygens (including phenoxy) is 5. The molecule has 1 saturated heterocycles. The van der Waals surface area contributed by atoms with E-state index in [0.29, 0.717) is 64.1 Å². The summed E-state index contributed by atoms with van der Waals surface area (Å²) in [6.07, 6.45) is 3.71. The summed E-state index contributed by atoms with van der Waals surface area (Å²) in [4.78, 5) is 47.8. The highest BCUT2D eigenvalue weighted by Gasteiger charge is 2.35. The highest BCUT2D eigenvalue weighted by Crippen LogP contribution is 2.42. The number of methoxy groups -OCH3 is 3. The number of amides is 1. The molecule has 0 aliphatic carbocycles. The Bertz CT molecular complexity index is 2040. The third-order valence-electron chi connectivity index (χ3n) is 8.30. The van der Waals surface area contributed by atoms with Crippen LogP contribution < -0.4 is 29.1 Å². The van der Waals surface area contributed by atoms with E-state index in [0.717, 1.165) is 16.5 Å². The Morgan fingerprint density at radius 2 is 1.77 bits per heavy atom. The predicted molar refractivity (Wildman–Crippen MR) is 176 cm³/mol. The first-order valence-corrected chi connectivity index (χ1v) is 16.0. The average molecular weight is 661 g/mol. The number of morpholine rings is 1. The van der Waals surface area contributed by atoms with Gasteiger partial charge in [-0.15, -0.1) is 0 Å². The molecule has 0 bridgehead atoms. The van der Waals surface area contributed by atoms with Crippen molar-refractivity contribution in [3.8, 4) is 17.2 Å². The fourth-order valence-corrected chi connectivity index (χ4v) is 7.12. The number of carbonyl (C=O) groups is 2. The molecule has 2 aliphatic rings. The first-order chi connectivity index (χ1) is 22.8. The zero-order valence-corrected chi connectivity index (χ0v) is 27.7. The van der Waals surface area contributed by atoms with Gasteiger partial charge in [0, 0.05) is 35.8 Å². The molecule has 1 amide bonds. The Morgan fingerprint density at radius 3 is 2.43 bits per heavy atom. The van der Waals surface area contributed by atoms with E-state index in [1.165, 1.54) is 37.2 Å². The fraction of sp³-hybridized carbons (Fsp3) is 0.353. The van der Waals surface area contributed by atoms with Crippen LogP contribution in [0, 0.1) is 0 Å². The van der Waals surface area contributed by atoms with Gasteiger partial charge in [-0.1, -0.05) is 29.5 Å². The van der Waals surface area contributed by atoms with Crippen molar-refractivity contribution in [2.45, 2.75) is 26.4 Å². The van der Waals surface area contributed by atoms with Crippen LogP contribution in [0.1, 0.15) is 31.0 Å². The maximum Gasteiger partial charge on any atom is 0.338 e. The molecule has 0 saturated carbocycles. The number of hydrogen-bond acceptors (Lipinski definition) is 10. The molecule has 47 heavy (non-hydrogen) atoms. The van der Waals surface area contributed by atoms with Crippen molar-refractivity contribution >= 4 is 40.2 Å². The zero-order chi connectivity index (χ0) is 33.2. The predicted octanol–water partition coefficient (Wildman–Crippen LogP) is 2.64. The van der Waals surface area contributed by atoms with Crippen LogP contribution >= 0.6 is 11.3 Å². The molecule has 6 rings (SSSR count). The number of esters is 1. The van der Waals surface area contributed by atoms with Gasteiger partial charge in [0.1, 0.15) is 6.54 Å². The van der Waals surface area contributed by atoms with Crippen molar-refractivity contribution in [3.05, 3.63) is 84.7 Å². The highest BCUT2D eigenvalue weighted by atomic mass is 32.1. The Balaban J connectivity index is 1.50. The molecule has 1 atom stereocenters. The van der Waals surface area contributed by atoms with Gasteiger partial charge >= 0.3 is 5.97 Å². The number of carbonyl (C=O) groups excluding carboxylic acids is 2. The summed E-state index contributed by atoms with van der Waals surface area (Å²) in [5.41, 5.74) is 2.56. The number of nitrogens with zero attached hydrogens (tertiary/aromatic N) is 4. The molecule has 2 aromatic heterocycles. The second-order valence-electron chi connectivity index (χ2n) is 11.0. The lowest BCUT2D eigenvalue weighted by molar-refractivity contribution is -0.139. The summed E-state index contributed by atoms with van der Waals surface area (Å²) in [6.45, 7) is 5.95. The third kappa shape index (κ3) is 5.92. The van der Waals surface area contributed by atoms with Crippen molar-refractivity contribution in [1.82, 2.24) is 14.0 Å². The maximum atomic E-state index is 14.3. The molecule has 0 spiro atoms. The molecule has 0 radical (unpaired) electrons. The van der Waals surface area contributed by atoms with Crippen molar-refractivity contribution < 1.29 is 33.3 Å². The minimum atomic E-state index is -0.881. The number of aromatic nitrogens is 2. The Hall–Kier alpha value is -4.88. The van der Waals surface area contributed by atoms with Crippen molar-refractivity contribution in [2.75, 3.05) is 54.2 Å². The molecule has 2 aliphatic heterocycles. The monoisotopic (exact) mass is 660 g/mol. The van der Waals surface area contributed by atoms with Gasteiger partial charge in [-0.05, 0) is 43.7 Å². The van der Waals surface area contributed by atoms with Crippen LogP contribution in [0.5, 0.6) is 17.2 Å². The lowest BCUT2D eigenvalue weighted by Crippen LogP contribution is -2.42. The number of hydrogen-bond donors (Lipinski definition) is 0. The minimum absolute atomic E-state index is 0.00675. The van der Waals surface area contributed by atoms with Crippen LogP contribution in [0.4, 0.5) is 0 Å². The molecular formula is C34H36N4O8S. The first kappa shape index (κ1) is 32.1. The van der Waals surface area contributed by atoms with Crippen molar-refractivity contribution in [1.29, 1.82) is 0 Å². The average Bonchev–Trinajstić information content (AvgIpc) is 3.59. The molecular weight excluding hydrogens is 624 g/mol. The summed E-state index contributed by atoms with van der Waals surface area (Å²) < 4.78 is 31.4. The molecule has 4 aromatic rings. The molecule has 0 N–H and O–H groups in total. The van der Waals surface area contributed by atoms with E-state index in [9.17, 15) is 14.4 Å². The van der Waals surface area contributed by atoms with Crippen molar-refractivity contribution in [2.24, 2.45) is 4.99 Å². The lowest BCUT2D eigenvalue weighted by atomic mass is 9.95. The zero-order valence-electron chi connectivity index (χ0n) is 26.9. The minimum Gasteiger partial charge on any atom is -0.493 e. The number of fused-ring (bicyclic) bond motifs is 2. The van der Waals surface area contributed by atoms with Gasteiger partial charge in [0.25, 0.3) is 5.56 Å². The Labute approximate surface area is 274 Å². The lowest BCUT2D eigenvalue weighted by Gasteiger charge is -2.27. The van der Waals surface area contributed by atoms with Crippen LogP contribution in [0.3, 0.4) is 0 Å². The standard InChI is InChI=1S/C34H36N4O8S/c1-6-46-33(41)29-20(2)35-34-38(30(29)21-15-25(42-3)31(44-5)26(16-21)43-4)32(40)27(47-34)17-22-18-37(24-10-8-7-9-23(22)24)19-28(39)36-11-13-45-14-12-36/h7-10,15-18,30H,6,11-14,19H2,1-5H3/b27-17+/t30-/m1/s1. The molecule has 13 heteroatoms.